The molecule has 0 N–H and O–H groups in total. The lowest BCUT2D eigenvalue weighted by atomic mass is 10.1. The van der Waals surface area contributed by atoms with E-state index in [-0.39, 0.29) is 11.9 Å². The summed E-state index contributed by atoms with van der Waals surface area (Å²) in [6, 6.07) is 8.11. The van der Waals surface area contributed by atoms with Gasteiger partial charge in [-0.25, -0.2) is 0 Å². The Kier molecular flexibility index (Phi) is 2.82. The Morgan fingerprint density at radius 3 is 2.84 bits per heavy atom. The van der Waals surface area contributed by atoms with Gasteiger partial charge in [-0.05, 0) is 25.0 Å². The number of anilines is 1. The number of para-hydroxylation sites is 1. The highest BCUT2D eigenvalue weighted by Gasteiger charge is 2.33. The molecule has 0 fully saturated rings. The second-order valence-electron chi connectivity index (χ2n) is 4.82. The van der Waals surface area contributed by atoms with Crippen molar-refractivity contribution in [3.8, 4) is 0 Å². The van der Waals surface area contributed by atoms with Crippen molar-refractivity contribution in [2.75, 3.05) is 4.90 Å². The van der Waals surface area contributed by atoms with Crippen LogP contribution in [0.1, 0.15) is 23.0 Å². The summed E-state index contributed by atoms with van der Waals surface area (Å²) in [4.78, 5) is 14.5. The van der Waals surface area contributed by atoms with E-state index < -0.39 is 0 Å². The van der Waals surface area contributed by atoms with Crippen LogP contribution in [0.2, 0.25) is 5.02 Å². The van der Waals surface area contributed by atoms with Crippen molar-refractivity contribution in [2.45, 2.75) is 19.4 Å². The first-order chi connectivity index (χ1) is 9.09. The highest BCUT2D eigenvalue weighted by atomic mass is 35.5. The molecular formula is C14H14ClN3O. The molecule has 0 saturated heterocycles. The minimum absolute atomic E-state index is 0.0950. The third-order valence-corrected chi connectivity index (χ3v) is 3.80. The highest BCUT2D eigenvalue weighted by molar-refractivity contribution is 6.34. The third-order valence-electron chi connectivity index (χ3n) is 3.52. The van der Waals surface area contributed by atoms with Gasteiger partial charge in [0.25, 0.3) is 5.91 Å². The van der Waals surface area contributed by atoms with E-state index in [9.17, 15) is 4.79 Å². The van der Waals surface area contributed by atoms with Gasteiger partial charge in [-0.3, -0.25) is 9.48 Å². The largest absolute Gasteiger partial charge is 0.304 e. The van der Waals surface area contributed by atoms with Crippen LogP contribution in [-0.2, 0) is 13.5 Å². The van der Waals surface area contributed by atoms with Crippen molar-refractivity contribution < 1.29 is 4.79 Å². The minimum Gasteiger partial charge on any atom is -0.304 e. The molecule has 3 rings (SSSR count). The molecule has 0 aliphatic carbocycles. The quantitative estimate of drug-likeness (QED) is 0.802. The Labute approximate surface area is 116 Å². The van der Waals surface area contributed by atoms with Crippen LogP contribution >= 0.6 is 11.6 Å². The highest BCUT2D eigenvalue weighted by Crippen LogP contribution is 2.33. The first-order valence-corrected chi connectivity index (χ1v) is 6.56. The van der Waals surface area contributed by atoms with E-state index >= 15 is 0 Å². The molecule has 19 heavy (non-hydrogen) atoms. The molecule has 5 heteroatoms. The van der Waals surface area contributed by atoms with Gasteiger partial charge in [-0.1, -0.05) is 29.8 Å². The average molecular weight is 276 g/mol. The van der Waals surface area contributed by atoms with E-state index in [1.54, 1.807) is 11.9 Å². The van der Waals surface area contributed by atoms with E-state index in [1.165, 1.54) is 16.4 Å². The summed E-state index contributed by atoms with van der Waals surface area (Å²) in [5, 5.41) is 4.42. The number of rotatable bonds is 1. The predicted octanol–water partition coefficient (Wildman–Crippen LogP) is 2.66. The molecular weight excluding hydrogens is 262 g/mol. The van der Waals surface area contributed by atoms with Gasteiger partial charge in [-0.15, -0.1) is 0 Å². The van der Waals surface area contributed by atoms with E-state index in [1.807, 2.05) is 25.1 Å². The van der Waals surface area contributed by atoms with Gasteiger partial charge in [0.15, 0.2) is 0 Å². The number of aryl methyl sites for hydroxylation is 1. The fourth-order valence-corrected chi connectivity index (χ4v) is 2.89. The molecule has 0 spiro atoms. The van der Waals surface area contributed by atoms with Gasteiger partial charge in [0, 0.05) is 18.8 Å². The molecule has 0 saturated carbocycles. The molecule has 4 nitrogen and oxygen atoms in total. The number of aromatic nitrogens is 2. The number of carbonyl (C=O) groups excluding carboxylic acids is 1. The number of hydrogen-bond donors (Lipinski definition) is 0. The lowest BCUT2D eigenvalue weighted by Crippen LogP contribution is -2.37. The summed E-state index contributed by atoms with van der Waals surface area (Å²) in [5.74, 6) is -0.0950. The number of nitrogens with zero attached hydrogens (tertiary/aromatic N) is 3. The van der Waals surface area contributed by atoms with Crippen LogP contribution in [-0.4, -0.2) is 21.7 Å². The Morgan fingerprint density at radius 2 is 2.16 bits per heavy atom. The molecule has 0 radical (unpaired) electrons. The summed E-state index contributed by atoms with van der Waals surface area (Å²) < 4.78 is 1.53. The lowest BCUT2D eigenvalue weighted by Gasteiger charge is -2.22. The molecule has 0 unspecified atom stereocenters. The predicted molar refractivity (Wildman–Crippen MR) is 74.6 cm³/mol. The first kappa shape index (κ1) is 12.2. The van der Waals surface area contributed by atoms with Crippen LogP contribution in [0.3, 0.4) is 0 Å². The van der Waals surface area contributed by atoms with Gasteiger partial charge in [0.1, 0.15) is 5.69 Å². The van der Waals surface area contributed by atoms with Gasteiger partial charge in [-0.2, -0.15) is 5.10 Å². The molecule has 0 bridgehead atoms. The van der Waals surface area contributed by atoms with Crippen LogP contribution in [0.5, 0.6) is 0 Å². The number of carbonyl (C=O) groups is 1. The number of fused-ring (bicyclic) bond motifs is 1. The van der Waals surface area contributed by atoms with Crippen molar-refractivity contribution in [3.05, 3.63) is 46.7 Å². The van der Waals surface area contributed by atoms with Gasteiger partial charge in [0.2, 0.25) is 0 Å². The van der Waals surface area contributed by atoms with Crippen LogP contribution in [0.4, 0.5) is 5.69 Å². The maximum absolute atomic E-state index is 12.7. The fourth-order valence-electron chi connectivity index (χ4n) is 2.64. The number of halogens is 1. The van der Waals surface area contributed by atoms with E-state index in [4.69, 9.17) is 11.6 Å². The van der Waals surface area contributed by atoms with E-state index in [2.05, 4.69) is 11.2 Å². The zero-order chi connectivity index (χ0) is 13.6. The van der Waals surface area contributed by atoms with E-state index in [0.717, 1.165) is 12.1 Å². The van der Waals surface area contributed by atoms with Crippen molar-refractivity contribution in [1.29, 1.82) is 0 Å². The molecule has 1 aliphatic heterocycles. The zero-order valence-corrected chi connectivity index (χ0v) is 11.6. The molecule has 1 aromatic heterocycles. The SMILES string of the molecule is C[C@H]1Cc2ccccc2N1C(=O)c1c(Cl)cnn1C. The summed E-state index contributed by atoms with van der Waals surface area (Å²) in [5.41, 5.74) is 2.60. The third kappa shape index (κ3) is 1.83. The maximum atomic E-state index is 12.7. The van der Waals surface area contributed by atoms with E-state index in [0.29, 0.717) is 10.7 Å². The van der Waals surface area contributed by atoms with Crippen LogP contribution in [0.25, 0.3) is 0 Å². The molecule has 1 amide bonds. The zero-order valence-electron chi connectivity index (χ0n) is 10.8. The minimum atomic E-state index is -0.0950. The second-order valence-corrected chi connectivity index (χ2v) is 5.23. The van der Waals surface area contributed by atoms with Gasteiger partial charge in [0.05, 0.1) is 11.2 Å². The Bertz CT molecular complexity index is 630. The maximum Gasteiger partial charge on any atom is 0.278 e. The standard InChI is InChI=1S/C14H14ClN3O/c1-9-7-10-5-3-4-6-12(10)18(9)14(19)13-11(15)8-16-17(13)2/h3-6,8-9H,7H2,1-2H3/t9-/m0/s1. The smallest absolute Gasteiger partial charge is 0.278 e. The van der Waals surface area contributed by atoms with Crippen molar-refractivity contribution in [3.63, 3.8) is 0 Å². The monoisotopic (exact) mass is 275 g/mol. The Morgan fingerprint density at radius 1 is 1.42 bits per heavy atom. The number of benzene rings is 1. The van der Waals surface area contributed by atoms with Crippen LogP contribution < -0.4 is 4.90 Å². The van der Waals surface area contributed by atoms with Crippen LogP contribution in [0.15, 0.2) is 30.5 Å². The lowest BCUT2D eigenvalue weighted by molar-refractivity contribution is 0.0972. The van der Waals surface area contributed by atoms with Crippen molar-refractivity contribution in [2.24, 2.45) is 7.05 Å². The van der Waals surface area contributed by atoms with Gasteiger partial charge < -0.3 is 4.90 Å². The second kappa shape index (κ2) is 4.38. The van der Waals surface area contributed by atoms with Gasteiger partial charge >= 0.3 is 0 Å². The molecule has 1 aliphatic rings. The fraction of sp³-hybridized carbons (Fsp3) is 0.286. The normalized spacial score (nSPS) is 17.6. The molecule has 1 aromatic carbocycles. The van der Waals surface area contributed by atoms with Crippen LogP contribution in [0, 0.1) is 0 Å². The first-order valence-electron chi connectivity index (χ1n) is 6.18. The molecule has 2 heterocycles. The molecule has 98 valence electrons. The van der Waals surface area contributed by atoms with Crippen molar-refractivity contribution in [1.82, 2.24) is 9.78 Å². The topological polar surface area (TPSA) is 38.1 Å². The Balaban J connectivity index is 2.06. The average Bonchev–Trinajstić information content (AvgIpc) is 2.88. The number of amides is 1. The summed E-state index contributed by atoms with van der Waals surface area (Å²) in [6.45, 7) is 2.04. The Hall–Kier alpha value is -1.81. The molecule has 2 aromatic rings. The summed E-state index contributed by atoms with van der Waals surface area (Å²) in [6.07, 6.45) is 2.37. The number of hydrogen-bond acceptors (Lipinski definition) is 2. The summed E-state index contributed by atoms with van der Waals surface area (Å²) >= 11 is 6.06. The summed E-state index contributed by atoms with van der Waals surface area (Å²) in [7, 11) is 1.73. The molecule has 1 atom stereocenters. The van der Waals surface area contributed by atoms with Crippen molar-refractivity contribution >= 4 is 23.2 Å².